The summed E-state index contributed by atoms with van der Waals surface area (Å²) in [5.74, 6) is 0.953. The highest BCUT2D eigenvalue weighted by molar-refractivity contribution is 7.98. The minimum absolute atomic E-state index is 0.00651. The molecule has 1 aromatic heterocycles. The van der Waals surface area contributed by atoms with Gasteiger partial charge in [-0.1, -0.05) is 0 Å². The molecule has 7 heteroatoms. The fourth-order valence-electron chi connectivity index (χ4n) is 1.57. The standard InChI is InChI=1S/C11H20N2O2S3/c1-9(4-6-16-3)13(2)18(14,15)11-5-7-17-10(11)8-12/h5,7,9H,4,6,8,12H2,1-3H3. The highest BCUT2D eigenvalue weighted by Crippen LogP contribution is 2.25. The van der Waals surface area contributed by atoms with Gasteiger partial charge in [-0.2, -0.15) is 16.1 Å². The van der Waals surface area contributed by atoms with Crippen LogP contribution in [0.5, 0.6) is 0 Å². The van der Waals surface area contributed by atoms with E-state index in [1.165, 1.54) is 15.6 Å². The molecule has 0 aliphatic heterocycles. The Morgan fingerprint density at radius 3 is 2.78 bits per heavy atom. The second kappa shape index (κ2) is 6.91. The minimum Gasteiger partial charge on any atom is -0.326 e. The van der Waals surface area contributed by atoms with Gasteiger partial charge in [0.1, 0.15) is 0 Å². The summed E-state index contributed by atoms with van der Waals surface area (Å²) in [5, 5.41) is 1.77. The van der Waals surface area contributed by atoms with Crippen molar-refractivity contribution in [2.24, 2.45) is 5.73 Å². The van der Waals surface area contributed by atoms with Gasteiger partial charge in [-0.15, -0.1) is 11.3 Å². The summed E-state index contributed by atoms with van der Waals surface area (Å²) in [6, 6.07) is 1.63. The number of hydrogen-bond acceptors (Lipinski definition) is 5. The zero-order valence-corrected chi connectivity index (χ0v) is 13.4. The molecule has 0 saturated heterocycles. The third kappa shape index (κ3) is 3.48. The Kier molecular flexibility index (Phi) is 6.13. The van der Waals surface area contributed by atoms with Crippen LogP contribution in [0.4, 0.5) is 0 Å². The molecule has 2 N–H and O–H groups in total. The molecule has 1 heterocycles. The van der Waals surface area contributed by atoms with Crippen molar-refractivity contribution in [1.82, 2.24) is 4.31 Å². The molecule has 0 spiro atoms. The van der Waals surface area contributed by atoms with Crippen LogP contribution < -0.4 is 5.73 Å². The fourth-order valence-corrected chi connectivity index (χ4v) is 4.84. The predicted octanol–water partition coefficient (Wildman–Crippen LogP) is 1.97. The molecule has 0 aliphatic rings. The molecule has 1 unspecified atom stereocenters. The Hall–Kier alpha value is -0.0800. The molecule has 0 amide bonds. The number of sulfonamides is 1. The summed E-state index contributed by atoms with van der Waals surface area (Å²) in [6.45, 7) is 2.20. The van der Waals surface area contributed by atoms with Crippen LogP contribution in [0.2, 0.25) is 0 Å². The smallest absolute Gasteiger partial charge is 0.244 e. The normalized spacial score (nSPS) is 14.1. The van der Waals surface area contributed by atoms with Crippen molar-refractivity contribution < 1.29 is 8.42 Å². The molecule has 18 heavy (non-hydrogen) atoms. The lowest BCUT2D eigenvalue weighted by molar-refractivity contribution is 0.382. The van der Waals surface area contributed by atoms with Crippen molar-refractivity contribution in [1.29, 1.82) is 0 Å². The Labute approximate surface area is 118 Å². The van der Waals surface area contributed by atoms with E-state index in [0.717, 1.165) is 17.1 Å². The zero-order chi connectivity index (χ0) is 13.8. The second-order valence-corrected chi connectivity index (χ2v) is 8.02. The van der Waals surface area contributed by atoms with Crippen LogP contribution in [0.25, 0.3) is 0 Å². The number of thiophene rings is 1. The third-order valence-corrected chi connectivity index (χ3v) is 6.68. The van der Waals surface area contributed by atoms with Crippen LogP contribution in [0, 0.1) is 0 Å². The van der Waals surface area contributed by atoms with E-state index < -0.39 is 10.0 Å². The highest BCUT2D eigenvalue weighted by Gasteiger charge is 2.27. The number of nitrogens with two attached hydrogens (primary N) is 1. The molecule has 0 bridgehead atoms. The van der Waals surface area contributed by atoms with Crippen molar-refractivity contribution in [3.8, 4) is 0 Å². The van der Waals surface area contributed by atoms with Gasteiger partial charge in [0.25, 0.3) is 0 Å². The van der Waals surface area contributed by atoms with E-state index >= 15 is 0 Å². The molecule has 0 saturated carbocycles. The number of hydrogen-bond donors (Lipinski definition) is 1. The molecule has 0 fully saturated rings. The van der Waals surface area contributed by atoms with Crippen LogP contribution in [0.15, 0.2) is 16.3 Å². The monoisotopic (exact) mass is 308 g/mol. The lowest BCUT2D eigenvalue weighted by Gasteiger charge is -2.24. The maximum Gasteiger partial charge on any atom is 0.244 e. The van der Waals surface area contributed by atoms with Crippen molar-refractivity contribution in [3.63, 3.8) is 0 Å². The Balaban J connectivity index is 2.92. The molecule has 0 aliphatic carbocycles. The summed E-state index contributed by atoms with van der Waals surface area (Å²) in [6.07, 6.45) is 2.87. The van der Waals surface area contributed by atoms with Crippen LogP contribution in [0.3, 0.4) is 0 Å². The van der Waals surface area contributed by atoms with E-state index in [1.807, 2.05) is 13.2 Å². The summed E-state index contributed by atoms with van der Waals surface area (Å²) in [7, 11) is -1.78. The van der Waals surface area contributed by atoms with Gasteiger partial charge in [0.15, 0.2) is 0 Å². The van der Waals surface area contributed by atoms with Crippen molar-refractivity contribution in [3.05, 3.63) is 16.3 Å². The average Bonchev–Trinajstić information content (AvgIpc) is 2.83. The fraction of sp³-hybridized carbons (Fsp3) is 0.636. The average molecular weight is 308 g/mol. The Bertz CT molecular complexity index is 470. The second-order valence-electron chi connectivity index (χ2n) is 4.06. The zero-order valence-electron chi connectivity index (χ0n) is 10.9. The minimum atomic E-state index is -3.41. The van der Waals surface area contributed by atoms with Gasteiger partial charge in [-0.3, -0.25) is 0 Å². The quantitative estimate of drug-likeness (QED) is 0.836. The van der Waals surface area contributed by atoms with E-state index in [-0.39, 0.29) is 12.6 Å². The summed E-state index contributed by atoms with van der Waals surface area (Å²) >= 11 is 3.11. The maximum atomic E-state index is 12.4. The first-order chi connectivity index (χ1) is 8.45. The summed E-state index contributed by atoms with van der Waals surface area (Å²) in [4.78, 5) is 1.08. The lowest BCUT2D eigenvalue weighted by atomic mass is 10.3. The van der Waals surface area contributed by atoms with Crippen LogP contribution >= 0.6 is 23.1 Å². The van der Waals surface area contributed by atoms with E-state index in [0.29, 0.717) is 4.90 Å². The topological polar surface area (TPSA) is 63.4 Å². The van der Waals surface area contributed by atoms with Crippen LogP contribution in [0.1, 0.15) is 18.2 Å². The van der Waals surface area contributed by atoms with Gasteiger partial charge in [-0.25, -0.2) is 8.42 Å². The molecule has 0 radical (unpaired) electrons. The molecule has 104 valence electrons. The van der Waals surface area contributed by atoms with Crippen LogP contribution in [-0.2, 0) is 16.6 Å². The first-order valence-electron chi connectivity index (χ1n) is 5.68. The first-order valence-corrected chi connectivity index (χ1v) is 9.40. The molecule has 4 nitrogen and oxygen atoms in total. The van der Waals surface area contributed by atoms with Gasteiger partial charge < -0.3 is 5.73 Å². The third-order valence-electron chi connectivity index (χ3n) is 2.91. The number of thioether (sulfide) groups is 1. The van der Waals surface area contributed by atoms with E-state index in [1.54, 1.807) is 30.3 Å². The summed E-state index contributed by atoms with van der Waals surface area (Å²) < 4.78 is 26.3. The van der Waals surface area contributed by atoms with Crippen molar-refractivity contribution in [2.75, 3.05) is 19.1 Å². The van der Waals surface area contributed by atoms with E-state index in [2.05, 4.69) is 0 Å². The van der Waals surface area contributed by atoms with Gasteiger partial charge >= 0.3 is 0 Å². The van der Waals surface area contributed by atoms with Gasteiger partial charge in [0, 0.05) is 24.5 Å². The SMILES string of the molecule is CSCCC(C)N(C)S(=O)(=O)c1ccsc1CN. The maximum absolute atomic E-state index is 12.4. The molecular weight excluding hydrogens is 288 g/mol. The van der Waals surface area contributed by atoms with E-state index in [4.69, 9.17) is 5.73 Å². The number of rotatable bonds is 7. The highest BCUT2D eigenvalue weighted by atomic mass is 32.2. The van der Waals surface area contributed by atoms with Gasteiger partial charge in [0.05, 0.1) is 4.90 Å². The predicted molar refractivity (Wildman–Crippen MR) is 79.6 cm³/mol. The number of nitrogens with zero attached hydrogens (tertiary/aromatic N) is 1. The molecule has 0 aromatic carbocycles. The first kappa shape index (κ1) is 16.0. The molecular formula is C11H20N2O2S3. The van der Waals surface area contributed by atoms with E-state index in [9.17, 15) is 8.42 Å². The molecule has 1 atom stereocenters. The Morgan fingerprint density at radius 2 is 2.22 bits per heavy atom. The van der Waals surface area contributed by atoms with Crippen molar-refractivity contribution >= 4 is 33.1 Å². The molecule has 1 rings (SSSR count). The van der Waals surface area contributed by atoms with Crippen LogP contribution in [-0.4, -0.2) is 37.8 Å². The van der Waals surface area contributed by atoms with Gasteiger partial charge in [-0.05, 0) is 36.8 Å². The summed E-state index contributed by atoms with van der Waals surface area (Å²) in [5.41, 5.74) is 5.57. The Morgan fingerprint density at radius 1 is 1.56 bits per heavy atom. The van der Waals surface area contributed by atoms with Crippen molar-refractivity contribution in [2.45, 2.75) is 30.8 Å². The molecule has 1 aromatic rings. The lowest BCUT2D eigenvalue weighted by Crippen LogP contribution is -2.35. The van der Waals surface area contributed by atoms with Gasteiger partial charge in [0.2, 0.25) is 10.0 Å². The largest absolute Gasteiger partial charge is 0.326 e.